The Balaban J connectivity index is 2.30. The molecule has 0 aromatic heterocycles. The van der Waals surface area contributed by atoms with E-state index in [1.165, 1.54) is 13.0 Å². The topological polar surface area (TPSA) is 38.7 Å². The second kappa shape index (κ2) is 6.50. The van der Waals surface area contributed by atoms with Crippen LogP contribution in [0.15, 0.2) is 42.5 Å². The number of halogens is 1. The minimum atomic E-state index is -0.937. The van der Waals surface area contributed by atoms with Gasteiger partial charge in [-0.15, -0.1) is 0 Å². The van der Waals surface area contributed by atoms with Crippen LogP contribution in [0.25, 0.3) is 0 Å². The van der Waals surface area contributed by atoms with E-state index in [-0.39, 0.29) is 5.56 Å². The number of rotatable bonds is 5. The van der Waals surface area contributed by atoms with E-state index in [1.54, 1.807) is 25.3 Å². The summed E-state index contributed by atoms with van der Waals surface area (Å²) in [5.74, 6) is 0.409. The second-order valence-electron chi connectivity index (χ2n) is 4.51. The molecule has 0 aliphatic heterocycles. The van der Waals surface area contributed by atoms with Gasteiger partial charge in [-0.05, 0) is 36.8 Å². The fourth-order valence-electron chi connectivity index (χ4n) is 2.00. The Morgan fingerprint density at radius 2 is 1.95 bits per heavy atom. The van der Waals surface area contributed by atoms with E-state index >= 15 is 0 Å². The molecule has 0 aliphatic rings. The van der Waals surface area contributed by atoms with Gasteiger partial charge in [-0.2, -0.15) is 0 Å². The van der Waals surface area contributed by atoms with Crippen molar-refractivity contribution in [1.29, 1.82) is 0 Å². The van der Waals surface area contributed by atoms with Gasteiger partial charge in [0, 0.05) is 7.11 Å². The van der Waals surface area contributed by atoms with Gasteiger partial charge in [-0.1, -0.05) is 18.2 Å². The van der Waals surface area contributed by atoms with Crippen LogP contribution in [0, 0.1) is 5.82 Å². The van der Waals surface area contributed by atoms with Gasteiger partial charge in [-0.3, -0.25) is 0 Å². The maximum atomic E-state index is 13.7. The highest BCUT2D eigenvalue weighted by Crippen LogP contribution is 2.31. The van der Waals surface area contributed by atoms with Crippen LogP contribution in [-0.4, -0.2) is 12.2 Å². The molecule has 0 aliphatic carbocycles. The molecule has 0 saturated carbocycles. The molecule has 0 radical (unpaired) electrons. The Labute approximate surface area is 117 Å². The average molecular weight is 276 g/mol. The van der Waals surface area contributed by atoms with Gasteiger partial charge in [0.15, 0.2) is 0 Å². The molecular formula is C16H17FO3. The van der Waals surface area contributed by atoms with Crippen molar-refractivity contribution in [3.63, 3.8) is 0 Å². The molecule has 2 rings (SSSR count). The predicted octanol–water partition coefficient (Wildman–Crippen LogP) is 3.82. The summed E-state index contributed by atoms with van der Waals surface area (Å²) >= 11 is 0. The fourth-order valence-corrected chi connectivity index (χ4v) is 2.00. The first-order valence-electron chi connectivity index (χ1n) is 6.34. The monoisotopic (exact) mass is 276 g/mol. The third kappa shape index (κ3) is 3.35. The van der Waals surface area contributed by atoms with E-state index in [0.29, 0.717) is 18.1 Å². The second-order valence-corrected chi connectivity index (χ2v) is 4.51. The van der Waals surface area contributed by atoms with Crippen LogP contribution in [-0.2, 0) is 11.3 Å². The van der Waals surface area contributed by atoms with Crippen molar-refractivity contribution >= 4 is 0 Å². The highest BCUT2D eigenvalue weighted by molar-refractivity contribution is 5.40. The molecule has 106 valence electrons. The van der Waals surface area contributed by atoms with E-state index in [1.807, 2.05) is 18.2 Å². The molecule has 2 aromatic rings. The summed E-state index contributed by atoms with van der Waals surface area (Å²) in [4.78, 5) is 0. The molecule has 20 heavy (non-hydrogen) atoms. The van der Waals surface area contributed by atoms with Crippen LogP contribution < -0.4 is 4.74 Å². The van der Waals surface area contributed by atoms with Crippen molar-refractivity contribution in [1.82, 2.24) is 0 Å². The summed E-state index contributed by atoms with van der Waals surface area (Å²) in [7, 11) is 1.62. The molecule has 0 amide bonds. The van der Waals surface area contributed by atoms with E-state index in [9.17, 15) is 9.50 Å². The molecule has 2 aromatic carbocycles. The largest absolute Gasteiger partial charge is 0.457 e. The zero-order valence-electron chi connectivity index (χ0n) is 11.5. The Morgan fingerprint density at radius 1 is 1.20 bits per heavy atom. The van der Waals surface area contributed by atoms with Crippen molar-refractivity contribution in [2.45, 2.75) is 19.6 Å². The minimum absolute atomic E-state index is 0.157. The number of methoxy groups -OCH3 is 1. The van der Waals surface area contributed by atoms with Gasteiger partial charge in [0.2, 0.25) is 0 Å². The lowest BCUT2D eigenvalue weighted by Gasteiger charge is -2.14. The van der Waals surface area contributed by atoms with Crippen LogP contribution in [0.2, 0.25) is 0 Å². The summed E-state index contributed by atoms with van der Waals surface area (Å²) in [6.45, 7) is 1.98. The normalized spacial score (nSPS) is 12.2. The number of aliphatic hydroxyl groups excluding tert-OH is 1. The van der Waals surface area contributed by atoms with Crippen molar-refractivity contribution in [2.75, 3.05) is 7.11 Å². The molecule has 0 bridgehead atoms. The van der Waals surface area contributed by atoms with Crippen LogP contribution >= 0.6 is 0 Å². The fraction of sp³-hybridized carbons (Fsp3) is 0.250. The Morgan fingerprint density at radius 3 is 2.65 bits per heavy atom. The lowest BCUT2D eigenvalue weighted by atomic mass is 10.1. The number of aliphatic hydroxyl groups is 1. The average Bonchev–Trinajstić information content (AvgIpc) is 2.39. The van der Waals surface area contributed by atoms with Crippen LogP contribution in [0.5, 0.6) is 11.5 Å². The van der Waals surface area contributed by atoms with Gasteiger partial charge in [0.05, 0.1) is 18.3 Å². The molecule has 0 heterocycles. The van der Waals surface area contributed by atoms with Crippen molar-refractivity contribution < 1.29 is 19.0 Å². The molecule has 1 N–H and O–H groups in total. The Bertz CT molecular complexity index is 582. The van der Waals surface area contributed by atoms with Gasteiger partial charge in [0.25, 0.3) is 0 Å². The van der Waals surface area contributed by atoms with Crippen LogP contribution in [0.4, 0.5) is 4.39 Å². The Hall–Kier alpha value is -1.91. The maximum Gasteiger partial charge on any atom is 0.136 e. The number of benzene rings is 2. The zero-order valence-corrected chi connectivity index (χ0v) is 11.5. The number of hydrogen-bond donors (Lipinski definition) is 1. The molecule has 1 unspecified atom stereocenters. The Kier molecular flexibility index (Phi) is 4.71. The third-order valence-electron chi connectivity index (χ3n) is 2.87. The van der Waals surface area contributed by atoms with E-state index in [4.69, 9.17) is 9.47 Å². The molecule has 4 heteroatoms. The predicted molar refractivity (Wildman–Crippen MR) is 74.3 cm³/mol. The maximum absolute atomic E-state index is 13.7. The minimum Gasteiger partial charge on any atom is -0.457 e. The molecule has 0 fully saturated rings. The summed E-state index contributed by atoms with van der Waals surface area (Å²) in [5, 5.41) is 9.66. The molecule has 1 atom stereocenters. The summed E-state index contributed by atoms with van der Waals surface area (Å²) < 4.78 is 24.5. The van der Waals surface area contributed by atoms with Crippen molar-refractivity contribution in [3.8, 4) is 11.5 Å². The standard InChI is InChI=1S/C16H17FO3/c1-11(18)16-14(17)7-4-8-15(16)20-13-6-3-5-12(9-13)10-19-2/h3-9,11,18H,10H2,1-2H3. The first-order chi connectivity index (χ1) is 9.61. The van der Waals surface area contributed by atoms with E-state index in [0.717, 1.165) is 5.56 Å². The number of ether oxygens (including phenoxy) is 2. The van der Waals surface area contributed by atoms with Gasteiger partial charge >= 0.3 is 0 Å². The highest BCUT2D eigenvalue weighted by Gasteiger charge is 2.15. The summed E-state index contributed by atoms with van der Waals surface area (Å²) in [5.41, 5.74) is 1.12. The van der Waals surface area contributed by atoms with Crippen LogP contribution in [0.1, 0.15) is 24.2 Å². The van der Waals surface area contributed by atoms with Gasteiger partial charge in [0.1, 0.15) is 17.3 Å². The quantitative estimate of drug-likeness (QED) is 0.902. The van der Waals surface area contributed by atoms with Crippen molar-refractivity contribution in [3.05, 3.63) is 59.4 Å². The molecule has 3 nitrogen and oxygen atoms in total. The molecular weight excluding hydrogens is 259 g/mol. The smallest absolute Gasteiger partial charge is 0.136 e. The highest BCUT2D eigenvalue weighted by atomic mass is 19.1. The lowest BCUT2D eigenvalue weighted by Crippen LogP contribution is -2.00. The van der Waals surface area contributed by atoms with Crippen LogP contribution in [0.3, 0.4) is 0 Å². The van der Waals surface area contributed by atoms with Gasteiger partial charge in [-0.25, -0.2) is 4.39 Å². The number of hydrogen-bond acceptors (Lipinski definition) is 3. The summed E-state index contributed by atoms with van der Waals surface area (Å²) in [6, 6.07) is 11.8. The third-order valence-corrected chi connectivity index (χ3v) is 2.87. The van der Waals surface area contributed by atoms with Gasteiger partial charge < -0.3 is 14.6 Å². The first kappa shape index (κ1) is 14.5. The molecule has 0 saturated heterocycles. The SMILES string of the molecule is COCc1cccc(Oc2cccc(F)c2C(C)O)c1. The van der Waals surface area contributed by atoms with E-state index in [2.05, 4.69) is 0 Å². The first-order valence-corrected chi connectivity index (χ1v) is 6.34. The summed E-state index contributed by atoms with van der Waals surface area (Å²) in [6.07, 6.45) is -0.937. The zero-order chi connectivity index (χ0) is 14.5. The van der Waals surface area contributed by atoms with E-state index < -0.39 is 11.9 Å². The lowest BCUT2D eigenvalue weighted by molar-refractivity contribution is 0.184. The van der Waals surface area contributed by atoms with Crippen molar-refractivity contribution in [2.24, 2.45) is 0 Å². The molecule has 0 spiro atoms.